The number of rotatable bonds is 7. The fourth-order valence-electron chi connectivity index (χ4n) is 1.70. The largest absolute Gasteiger partial charge is 0.464 e. The van der Waals surface area contributed by atoms with Gasteiger partial charge in [-0.15, -0.1) is 11.6 Å². The zero-order valence-corrected chi connectivity index (χ0v) is 13.4. The maximum absolute atomic E-state index is 12.2. The van der Waals surface area contributed by atoms with Gasteiger partial charge in [0.25, 0.3) is 0 Å². The Bertz CT molecular complexity index is 474. The Labute approximate surface area is 130 Å². The third-order valence-electron chi connectivity index (χ3n) is 3.11. The molecule has 1 rings (SSSR count). The summed E-state index contributed by atoms with van der Waals surface area (Å²) in [5.41, 5.74) is 0.225. The Morgan fingerprint density at radius 3 is 2.43 bits per heavy atom. The Kier molecular flexibility index (Phi) is 6.69. The minimum absolute atomic E-state index is 0.180. The van der Waals surface area contributed by atoms with Gasteiger partial charge in [0.2, 0.25) is 5.91 Å². The summed E-state index contributed by atoms with van der Waals surface area (Å²) >= 11 is 5.80. The number of halogens is 1. The molecule has 5 heteroatoms. The number of amides is 1. The van der Waals surface area contributed by atoms with Crippen molar-refractivity contribution in [2.45, 2.75) is 33.2 Å². The van der Waals surface area contributed by atoms with Crippen molar-refractivity contribution in [1.82, 2.24) is 5.32 Å². The van der Waals surface area contributed by atoms with Gasteiger partial charge in [0.15, 0.2) is 0 Å². The van der Waals surface area contributed by atoms with Crippen LogP contribution in [0.25, 0.3) is 0 Å². The molecular formula is C16H22ClNO3. The second kappa shape index (κ2) is 8.03. The molecule has 1 unspecified atom stereocenters. The Morgan fingerprint density at radius 2 is 1.90 bits per heavy atom. The smallest absolute Gasteiger partial charge is 0.328 e. The van der Waals surface area contributed by atoms with Crippen LogP contribution in [0, 0.1) is 5.41 Å². The number of carbonyl (C=O) groups is 2. The Balaban J connectivity index is 2.83. The maximum Gasteiger partial charge on any atom is 0.328 e. The molecule has 0 saturated heterocycles. The number of alkyl halides is 1. The minimum Gasteiger partial charge on any atom is -0.464 e. The van der Waals surface area contributed by atoms with Crippen molar-refractivity contribution < 1.29 is 14.3 Å². The molecule has 0 saturated carbocycles. The molecule has 116 valence electrons. The average Bonchev–Trinajstić information content (AvgIpc) is 2.47. The molecule has 1 N–H and O–H groups in total. The van der Waals surface area contributed by atoms with Gasteiger partial charge in [-0.2, -0.15) is 0 Å². The lowest BCUT2D eigenvalue weighted by atomic mass is 9.94. The summed E-state index contributed by atoms with van der Waals surface area (Å²) in [6, 6.07) is 8.79. The van der Waals surface area contributed by atoms with Crippen LogP contribution in [0.1, 0.15) is 26.3 Å². The van der Waals surface area contributed by atoms with Crippen molar-refractivity contribution in [2.24, 2.45) is 5.41 Å². The molecule has 0 aliphatic heterocycles. The van der Waals surface area contributed by atoms with E-state index in [1.165, 1.54) is 0 Å². The quantitative estimate of drug-likeness (QED) is 0.622. The molecule has 0 radical (unpaired) electrons. The summed E-state index contributed by atoms with van der Waals surface area (Å²) in [7, 11) is 0. The second-order valence-corrected chi connectivity index (χ2v) is 5.75. The first-order valence-electron chi connectivity index (χ1n) is 6.98. The van der Waals surface area contributed by atoms with Gasteiger partial charge < -0.3 is 10.1 Å². The molecule has 4 nitrogen and oxygen atoms in total. The lowest BCUT2D eigenvalue weighted by Gasteiger charge is -2.24. The first-order valence-corrected chi connectivity index (χ1v) is 7.51. The van der Waals surface area contributed by atoms with E-state index in [0.29, 0.717) is 6.42 Å². The lowest BCUT2D eigenvalue weighted by Crippen LogP contribution is -2.48. The molecule has 0 aliphatic rings. The number of carbonyl (C=O) groups excluding carboxylic acids is 2. The number of esters is 1. The van der Waals surface area contributed by atoms with Crippen LogP contribution in [0.15, 0.2) is 30.3 Å². The predicted octanol–water partition coefficient (Wildman–Crippen LogP) is 2.54. The topological polar surface area (TPSA) is 55.4 Å². The number of ether oxygens (including phenoxy) is 1. The fourth-order valence-corrected chi connectivity index (χ4v) is 1.82. The van der Waals surface area contributed by atoms with Crippen molar-refractivity contribution in [3.05, 3.63) is 35.9 Å². The monoisotopic (exact) mass is 311 g/mol. The summed E-state index contributed by atoms with van der Waals surface area (Å²) in [4.78, 5) is 24.2. The van der Waals surface area contributed by atoms with E-state index in [1.807, 2.05) is 30.3 Å². The van der Waals surface area contributed by atoms with Gasteiger partial charge in [0.1, 0.15) is 6.04 Å². The van der Waals surface area contributed by atoms with Crippen molar-refractivity contribution in [1.29, 1.82) is 0 Å². The van der Waals surface area contributed by atoms with E-state index in [2.05, 4.69) is 5.32 Å². The first kappa shape index (κ1) is 17.5. The second-order valence-electron chi connectivity index (χ2n) is 5.49. The summed E-state index contributed by atoms with van der Waals surface area (Å²) < 4.78 is 5.04. The van der Waals surface area contributed by atoms with E-state index >= 15 is 0 Å². The molecule has 0 heterocycles. The van der Waals surface area contributed by atoms with E-state index in [0.717, 1.165) is 5.56 Å². The average molecular weight is 312 g/mol. The SMILES string of the molecule is CCOC(=O)C(Cc1ccccc1)NC(=O)C(C)(C)CCl. The highest BCUT2D eigenvalue weighted by molar-refractivity contribution is 6.19. The van der Waals surface area contributed by atoms with E-state index < -0.39 is 17.4 Å². The highest BCUT2D eigenvalue weighted by atomic mass is 35.5. The molecule has 0 bridgehead atoms. The van der Waals surface area contributed by atoms with Crippen LogP contribution in [0.2, 0.25) is 0 Å². The lowest BCUT2D eigenvalue weighted by molar-refractivity contribution is -0.148. The normalized spacial score (nSPS) is 12.6. The van der Waals surface area contributed by atoms with Crippen LogP contribution in [0.4, 0.5) is 0 Å². The molecule has 0 aliphatic carbocycles. The van der Waals surface area contributed by atoms with Gasteiger partial charge in [-0.05, 0) is 26.3 Å². The van der Waals surface area contributed by atoms with E-state index in [-0.39, 0.29) is 18.4 Å². The van der Waals surface area contributed by atoms with Crippen molar-refractivity contribution in [3.63, 3.8) is 0 Å². The van der Waals surface area contributed by atoms with Crippen LogP contribution in [0.3, 0.4) is 0 Å². The summed E-state index contributed by atoms with van der Waals surface area (Å²) in [6.45, 7) is 5.49. The molecule has 21 heavy (non-hydrogen) atoms. The molecule has 0 fully saturated rings. The number of hydrogen-bond donors (Lipinski definition) is 1. The van der Waals surface area contributed by atoms with Gasteiger partial charge in [-0.1, -0.05) is 30.3 Å². The molecule has 1 atom stereocenters. The highest BCUT2D eigenvalue weighted by Crippen LogP contribution is 2.18. The van der Waals surface area contributed by atoms with Gasteiger partial charge >= 0.3 is 5.97 Å². The van der Waals surface area contributed by atoms with E-state index in [1.54, 1.807) is 20.8 Å². The molecule has 0 aromatic heterocycles. The number of benzene rings is 1. The first-order chi connectivity index (χ1) is 9.90. The third-order valence-corrected chi connectivity index (χ3v) is 3.78. The zero-order chi connectivity index (χ0) is 15.9. The fraction of sp³-hybridized carbons (Fsp3) is 0.500. The van der Waals surface area contributed by atoms with E-state index in [4.69, 9.17) is 16.3 Å². The molecule has 1 aromatic carbocycles. The van der Waals surface area contributed by atoms with Crippen LogP contribution in [-0.2, 0) is 20.7 Å². The Morgan fingerprint density at radius 1 is 1.29 bits per heavy atom. The van der Waals surface area contributed by atoms with Crippen molar-refractivity contribution in [2.75, 3.05) is 12.5 Å². The standard InChI is InChI=1S/C16H22ClNO3/c1-4-21-14(19)13(10-12-8-6-5-7-9-12)18-15(20)16(2,3)11-17/h5-9,13H,4,10-11H2,1-3H3,(H,18,20). The molecule has 1 aromatic rings. The van der Waals surface area contributed by atoms with Gasteiger partial charge in [0.05, 0.1) is 12.0 Å². The predicted molar refractivity (Wildman–Crippen MR) is 83.2 cm³/mol. The maximum atomic E-state index is 12.2. The van der Waals surface area contributed by atoms with Gasteiger partial charge in [-0.25, -0.2) is 4.79 Å². The van der Waals surface area contributed by atoms with E-state index in [9.17, 15) is 9.59 Å². The van der Waals surface area contributed by atoms with Crippen molar-refractivity contribution in [3.8, 4) is 0 Å². The summed E-state index contributed by atoms with van der Waals surface area (Å²) in [5, 5.41) is 2.74. The van der Waals surface area contributed by atoms with Gasteiger partial charge in [0, 0.05) is 12.3 Å². The van der Waals surface area contributed by atoms with Gasteiger partial charge in [-0.3, -0.25) is 4.79 Å². The number of hydrogen-bond acceptors (Lipinski definition) is 3. The summed E-state index contributed by atoms with van der Waals surface area (Å²) in [5.74, 6) is -0.508. The summed E-state index contributed by atoms with van der Waals surface area (Å²) in [6.07, 6.45) is 0.393. The van der Waals surface area contributed by atoms with Crippen LogP contribution in [-0.4, -0.2) is 30.4 Å². The molecule has 1 amide bonds. The minimum atomic E-state index is -0.733. The Hall–Kier alpha value is -1.55. The highest BCUT2D eigenvalue weighted by Gasteiger charge is 2.31. The molecule has 0 spiro atoms. The molecular weight excluding hydrogens is 290 g/mol. The van der Waals surface area contributed by atoms with Crippen LogP contribution < -0.4 is 5.32 Å². The van der Waals surface area contributed by atoms with Crippen LogP contribution in [0.5, 0.6) is 0 Å². The van der Waals surface area contributed by atoms with Crippen molar-refractivity contribution >= 4 is 23.5 Å². The van der Waals surface area contributed by atoms with Crippen LogP contribution >= 0.6 is 11.6 Å². The number of nitrogens with one attached hydrogen (secondary N) is 1. The zero-order valence-electron chi connectivity index (χ0n) is 12.7. The third kappa shape index (κ3) is 5.38.